The third kappa shape index (κ3) is 2.76. The lowest BCUT2D eigenvalue weighted by molar-refractivity contribution is -0.141. The first kappa shape index (κ1) is 13.2. The number of carbonyl (C=O) groups is 2. The van der Waals surface area contributed by atoms with Crippen LogP contribution in [0, 0.1) is 11.8 Å². The number of carboxylic acids is 1. The van der Waals surface area contributed by atoms with Crippen molar-refractivity contribution in [2.24, 2.45) is 11.8 Å². The van der Waals surface area contributed by atoms with Gasteiger partial charge in [-0.15, -0.1) is 0 Å². The van der Waals surface area contributed by atoms with E-state index in [2.05, 4.69) is 0 Å². The van der Waals surface area contributed by atoms with E-state index in [1.54, 1.807) is 4.90 Å². The summed E-state index contributed by atoms with van der Waals surface area (Å²) in [6.45, 7) is 4.49. The number of likely N-dealkylation sites (tertiary alicyclic amines) is 1. The molecule has 0 bridgehead atoms. The number of carbonyl (C=O) groups excluding carboxylic acids is 1. The minimum absolute atomic E-state index is 0.0214. The molecule has 0 spiro atoms. The molecule has 1 N–H and O–H groups in total. The zero-order chi connectivity index (χ0) is 13.1. The Morgan fingerprint density at radius 1 is 1.33 bits per heavy atom. The maximum absolute atomic E-state index is 12.3. The first-order valence-electron chi connectivity index (χ1n) is 6.88. The van der Waals surface area contributed by atoms with Crippen LogP contribution in [0.3, 0.4) is 0 Å². The molecular weight excluding hydrogens is 232 g/mol. The number of urea groups is 1. The normalized spacial score (nSPS) is 23.8. The average Bonchev–Trinajstić information content (AvgIpc) is 2.76. The Bertz CT molecular complexity index is 328. The highest BCUT2D eigenvalue weighted by atomic mass is 16.4. The van der Waals surface area contributed by atoms with Gasteiger partial charge in [-0.05, 0) is 32.1 Å². The summed E-state index contributed by atoms with van der Waals surface area (Å²) in [5.74, 6) is -0.504. The molecule has 1 saturated heterocycles. The second-order valence-corrected chi connectivity index (χ2v) is 5.39. The van der Waals surface area contributed by atoms with Crippen molar-refractivity contribution < 1.29 is 14.7 Å². The summed E-state index contributed by atoms with van der Waals surface area (Å²) in [6.07, 6.45) is 4.31. The van der Waals surface area contributed by atoms with Crippen LogP contribution >= 0.6 is 0 Å². The van der Waals surface area contributed by atoms with Gasteiger partial charge >= 0.3 is 12.0 Å². The average molecular weight is 254 g/mol. The van der Waals surface area contributed by atoms with Gasteiger partial charge in [0, 0.05) is 26.2 Å². The van der Waals surface area contributed by atoms with Crippen molar-refractivity contribution in [3.63, 3.8) is 0 Å². The van der Waals surface area contributed by atoms with Gasteiger partial charge in [0.25, 0.3) is 0 Å². The van der Waals surface area contributed by atoms with E-state index in [1.807, 2.05) is 11.8 Å². The highest BCUT2D eigenvalue weighted by Gasteiger charge is 2.33. The smallest absolute Gasteiger partial charge is 0.320 e. The summed E-state index contributed by atoms with van der Waals surface area (Å²) in [5, 5.41) is 8.95. The topological polar surface area (TPSA) is 60.9 Å². The van der Waals surface area contributed by atoms with Crippen LogP contribution in [0.25, 0.3) is 0 Å². The van der Waals surface area contributed by atoms with E-state index in [0.717, 1.165) is 6.54 Å². The summed E-state index contributed by atoms with van der Waals surface area (Å²) in [4.78, 5) is 26.7. The molecule has 0 aromatic carbocycles. The lowest BCUT2D eigenvalue weighted by Crippen LogP contribution is -2.45. The molecule has 5 heteroatoms. The van der Waals surface area contributed by atoms with Crippen molar-refractivity contribution in [1.29, 1.82) is 0 Å². The van der Waals surface area contributed by atoms with Gasteiger partial charge in [0.15, 0.2) is 0 Å². The molecular formula is C13H22N2O3. The predicted molar refractivity (Wildman–Crippen MR) is 67.3 cm³/mol. The van der Waals surface area contributed by atoms with E-state index in [0.29, 0.717) is 32.0 Å². The molecule has 1 atom stereocenters. The van der Waals surface area contributed by atoms with Gasteiger partial charge < -0.3 is 14.9 Å². The minimum atomic E-state index is -0.785. The molecule has 1 aliphatic heterocycles. The highest BCUT2D eigenvalue weighted by molar-refractivity contribution is 5.77. The second kappa shape index (κ2) is 5.59. The van der Waals surface area contributed by atoms with Crippen molar-refractivity contribution >= 4 is 12.0 Å². The number of rotatable bonds is 4. The van der Waals surface area contributed by atoms with Crippen molar-refractivity contribution in [2.75, 3.05) is 26.2 Å². The molecule has 1 heterocycles. The van der Waals surface area contributed by atoms with E-state index < -0.39 is 5.97 Å². The van der Waals surface area contributed by atoms with Crippen molar-refractivity contribution in [1.82, 2.24) is 9.80 Å². The molecule has 18 heavy (non-hydrogen) atoms. The van der Waals surface area contributed by atoms with Crippen LogP contribution in [0.4, 0.5) is 4.79 Å². The molecule has 2 rings (SSSR count). The Kier molecular flexibility index (Phi) is 4.09. The van der Waals surface area contributed by atoms with E-state index in [-0.39, 0.29) is 11.9 Å². The number of hydrogen-bond acceptors (Lipinski definition) is 2. The van der Waals surface area contributed by atoms with Gasteiger partial charge in [-0.1, -0.05) is 6.42 Å². The van der Waals surface area contributed by atoms with Gasteiger partial charge in [-0.25, -0.2) is 4.79 Å². The Morgan fingerprint density at radius 2 is 2.06 bits per heavy atom. The zero-order valence-corrected chi connectivity index (χ0v) is 11.0. The monoisotopic (exact) mass is 254 g/mol. The number of carboxylic acid groups (broad SMARTS) is 1. The first-order chi connectivity index (χ1) is 8.61. The third-order valence-corrected chi connectivity index (χ3v) is 4.16. The van der Waals surface area contributed by atoms with Crippen LogP contribution in [0.5, 0.6) is 0 Å². The van der Waals surface area contributed by atoms with E-state index in [4.69, 9.17) is 5.11 Å². The number of nitrogens with zero attached hydrogens (tertiary/aromatic N) is 2. The van der Waals surface area contributed by atoms with Crippen LogP contribution in [0.15, 0.2) is 0 Å². The Morgan fingerprint density at radius 3 is 2.50 bits per heavy atom. The lowest BCUT2D eigenvalue weighted by atomic mass is 9.85. The van der Waals surface area contributed by atoms with Crippen LogP contribution < -0.4 is 0 Å². The zero-order valence-electron chi connectivity index (χ0n) is 11.0. The van der Waals surface area contributed by atoms with E-state index >= 15 is 0 Å². The van der Waals surface area contributed by atoms with Crippen molar-refractivity contribution in [2.45, 2.75) is 32.6 Å². The third-order valence-electron chi connectivity index (χ3n) is 4.16. The summed E-state index contributed by atoms with van der Waals surface area (Å²) < 4.78 is 0. The van der Waals surface area contributed by atoms with Gasteiger partial charge in [-0.2, -0.15) is 0 Å². The number of amides is 2. The summed E-state index contributed by atoms with van der Waals surface area (Å²) >= 11 is 0. The van der Waals surface area contributed by atoms with Gasteiger partial charge in [0.2, 0.25) is 0 Å². The summed E-state index contributed by atoms with van der Waals surface area (Å²) in [7, 11) is 0. The standard InChI is InChI=1S/C13H22N2O3/c1-2-14(8-10-4-3-5-10)13(18)15-7-6-11(9-15)12(16)17/h10-11H,2-9H2,1H3,(H,16,17). The molecule has 5 nitrogen and oxygen atoms in total. The number of aliphatic carboxylic acids is 1. The predicted octanol–water partition coefficient (Wildman–Crippen LogP) is 1.63. The van der Waals surface area contributed by atoms with Crippen molar-refractivity contribution in [3.8, 4) is 0 Å². The Hall–Kier alpha value is -1.26. The fourth-order valence-corrected chi connectivity index (χ4v) is 2.67. The maximum atomic E-state index is 12.3. The lowest BCUT2D eigenvalue weighted by Gasteiger charge is -2.34. The largest absolute Gasteiger partial charge is 0.481 e. The van der Waals surface area contributed by atoms with E-state index in [1.165, 1.54) is 19.3 Å². The molecule has 2 amide bonds. The second-order valence-electron chi connectivity index (χ2n) is 5.39. The molecule has 2 aliphatic rings. The molecule has 1 saturated carbocycles. The highest BCUT2D eigenvalue weighted by Crippen LogP contribution is 2.28. The van der Waals surface area contributed by atoms with Crippen LogP contribution in [-0.2, 0) is 4.79 Å². The molecule has 0 radical (unpaired) electrons. The Labute approximate surface area is 108 Å². The SMILES string of the molecule is CCN(CC1CCC1)C(=O)N1CCC(C(=O)O)C1. The van der Waals surface area contributed by atoms with Crippen molar-refractivity contribution in [3.05, 3.63) is 0 Å². The summed E-state index contributed by atoms with van der Waals surface area (Å²) in [5.41, 5.74) is 0. The molecule has 1 unspecified atom stereocenters. The number of hydrogen-bond donors (Lipinski definition) is 1. The van der Waals surface area contributed by atoms with Crippen LogP contribution in [0.1, 0.15) is 32.6 Å². The van der Waals surface area contributed by atoms with Crippen LogP contribution in [0.2, 0.25) is 0 Å². The van der Waals surface area contributed by atoms with Gasteiger partial charge in [0.05, 0.1) is 5.92 Å². The molecule has 1 aliphatic carbocycles. The molecule has 102 valence electrons. The maximum Gasteiger partial charge on any atom is 0.320 e. The van der Waals surface area contributed by atoms with Crippen LogP contribution in [-0.4, -0.2) is 53.1 Å². The fourth-order valence-electron chi connectivity index (χ4n) is 2.67. The quantitative estimate of drug-likeness (QED) is 0.829. The first-order valence-corrected chi connectivity index (χ1v) is 6.88. The summed E-state index contributed by atoms with van der Waals surface area (Å²) in [6, 6.07) is 0.0214. The molecule has 0 aromatic heterocycles. The molecule has 2 fully saturated rings. The Balaban J connectivity index is 1.86. The van der Waals surface area contributed by atoms with E-state index in [9.17, 15) is 9.59 Å². The van der Waals surface area contributed by atoms with Gasteiger partial charge in [-0.3, -0.25) is 4.79 Å². The van der Waals surface area contributed by atoms with Gasteiger partial charge in [0.1, 0.15) is 0 Å². The molecule has 0 aromatic rings. The fraction of sp³-hybridized carbons (Fsp3) is 0.846. The minimum Gasteiger partial charge on any atom is -0.481 e.